The maximum Gasteiger partial charge on any atom is 0.0462 e. The van der Waals surface area contributed by atoms with E-state index in [1.54, 1.807) is 0 Å². The first-order valence-electron chi connectivity index (χ1n) is 18.9. The highest BCUT2D eigenvalue weighted by Crippen LogP contribution is 2.55. The molecule has 2 aliphatic rings. The molecule has 0 aromatic heterocycles. The summed E-state index contributed by atoms with van der Waals surface area (Å²) in [5.41, 5.74) is 15.0. The van der Waals surface area contributed by atoms with Crippen molar-refractivity contribution in [1.29, 1.82) is 0 Å². The van der Waals surface area contributed by atoms with Crippen LogP contribution in [-0.2, 0) is 0 Å². The van der Waals surface area contributed by atoms with Crippen LogP contribution in [0.2, 0.25) is 0 Å². The van der Waals surface area contributed by atoms with E-state index >= 15 is 0 Å². The zero-order chi connectivity index (χ0) is 34.9. The zero-order valence-electron chi connectivity index (χ0n) is 29.8. The van der Waals surface area contributed by atoms with E-state index in [2.05, 4.69) is 199 Å². The second kappa shape index (κ2) is 14.0. The van der Waals surface area contributed by atoms with Gasteiger partial charge in [0, 0.05) is 34.1 Å². The van der Waals surface area contributed by atoms with Crippen LogP contribution in [0.3, 0.4) is 0 Å². The van der Waals surface area contributed by atoms with Gasteiger partial charge in [-0.15, -0.1) is 0 Å². The van der Waals surface area contributed by atoms with Crippen LogP contribution in [-0.4, -0.2) is 0 Å². The molecular formula is C50H44N2. The van der Waals surface area contributed by atoms with E-state index in [-0.39, 0.29) is 0 Å². The molecule has 2 aliphatic carbocycles. The predicted octanol–water partition coefficient (Wildman–Crippen LogP) is 14.1. The molecule has 9 rings (SSSR count). The average molecular weight is 673 g/mol. The second-order valence-corrected chi connectivity index (χ2v) is 14.6. The third kappa shape index (κ3) is 6.53. The number of hydrogen-bond donors (Lipinski definition) is 0. The van der Waals surface area contributed by atoms with Crippen LogP contribution in [0.15, 0.2) is 182 Å². The molecule has 7 aromatic carbocycles. The summed E-state index contributed by atoms with van der Waals surface area (Å²) in [6, 6.07) is 66.9. The maximum absolute atomic E-state index is 2.36. The minimum absolute atomic E-state index is 0.602. The second-order valence-electron chi connectivity index (χ2n) is 14.6. The number of para-hydroxylation sites is 2. The fourth-order valence-electron chi connectivity index (χ4n) is 7.91. The Kier molecular flexibility index (Phi) is 8.66. The zero-order valence-corrected chi connectivity index (χ0v) is 29.8. The Morgan fingerprint density at radius 1 is 0.365 bits per heavy atom. The molecule has 0 aliphatic heterocycles. The molecule has 0 bridgehead atoms. The van der Waals surface area contributed by atoms with Gasteiger partial charge in [0.15, 0.2) is 0 Å². The monoisotopic (exact) mass is 672 g/mol. The summed E-state index contributed by atoms with van der Waals surface area (Å²) < 4.78 is 0. The van der Waals surface area contributed by atoms with Gasteiger partial charge in [-0.25, -0.2) is 0 Å². The smallest absolute Gasteiger partial charge is 0.0462 e. The number of benzene rings is 7. The predicted molar refractivity (Wildman–Crippen MR) is 219 cm³/mol. The molecule has 2 heteroatoms. The molecule has 0 radical (unpaired) electrons. The normalized spacial score (nSPS) is 16.6. The molecular weight excluding hydrogens is 629 g/mol. The molecule has 0 saturated heterocycles. The molecule has 0 spiro atoms. The van der Waals surface area contributed by atoms with E-state index in [9.17, 15) is 0 Å². The largest absolute Gasteiger partial charge is 0.311 e. The lowest BCUT2D eigenvalue weighted by Crippen LogP contribution is -2.11. The Labute approximate surface area is 308 Å². The lowest BCUT2D eigenvalue weighted by Gasteiger charge is -2.28. The molecule has 7 aromatic rings. The van der Waals surface area contributed by atoms with Crippen LogP contribution >= 0.6 is 0 Å². The summed E-state index contributed by atoms with van der Waals surface area (Å²) in [6.07, 6.45) is 5.22. The van der Waals surface area contributed by atoms with Gasteiger partial charge in [0.05, 0.1) is 0 Å². The summed E-state index contributed by atoms with van der Waals surface area (Å²) in [5, 5.41) is 0. The van der Waals surface area contributed by atoms with Gasteiger partial charge in [0.2, 0.25) is 0 Å². The first-order valence-corrected chi connectivity index (χ1v) is 18.9. The van der Waals surface area contributed by atoms with E-state index in [1.165, 1.54) is 70.4 Å². The van der Waals surface area contributed by atoms with Crippen LogP contribution in [0.4, 0.5) is 34.1 Å². The van der Waals surface area contributed by atoms with Crippen molar-refractivity contribution in [2.75, 3.05) is 9.80 Å². The summed E-state index contributed by atoms with van der Waals surface area (Å²) in [5.74, 6) is 1.96. The van der Waals surface area contributed by atoms with Crippen molar-refractivity contribution in [2.45, 2.75) is 50.4 Å². The van der Waals surface area contributed by atoms with Gasteiger partial charge >= 0.3 is 0 Å². The number of aryl methyl sites for hydroxylation is 1. The molecule has 0 amide bonds. The van der Waals surface area contributed by atoms with Crippen LogP contribution in [0.5, 0.6) is 0 Å². The number of anilines is 6. The SMILES string of the molecule is Cc1ccc(C2CC2c2ccc(N(c3ccccc3)c3ccc(-c4ccc(N(c5ccccc5)c5ccc(C6CCC6)cc5)cc4)cc3)cc2)cc1. The lowest BCUT2D eigenvalue weighted by molar-refractivity contribution is 0.420. The average Bonchev–Trinajstić information content (AvgIpc) is 3.98. The molecule has 2 nitrogen and oxygen atoms in total. The van der Waals surface area contributed by atoms with Crippen molar-refractivity contribution in [1.82, 2.24) is 0 Å². The van der Waals surface area contributed by atoms with Gasteiger partial charge in [0.1, 0.15) is 0 Å². The summed E-state index contributed by atoms with van der Waals surface area (Å²) in [4.78, 5) is 4.71. The van der Waals surface area contributed by atoms with Crippen LogP contribution < -0.4 is 9.80 Å². The first kappa shape index (κ1) is 32.1. The highest BCUT2D eigenvalue weighted by Gasteiger charge is 2.39. The number of nitrogens with zero attached hydrogens (tertiary/aromatic N) is 2. The van der Waals surface area contributed by atoms with Gasteiger partial charge in [-0.05, 0) is 145 Å². The number of rotatable bonds is 10. The van der Waals surface area contributed by atoms with E-state index < -0.39 is 0 Å². The fraction of sp³-hybridized carbons (Fsp3) is 0.160. The van der Waals surface area contributed by atoms with Crippen LogP contribution in [0, 0.1) is 6.92 Å². The minimum Gasteiger partial charge on any atom is -0.311 e. The highest BCUT2D eigenvalue weighted by molar-refractivity contribution is 5.80. The van der Waals surface area contributed by atoms with E-state index in [4.69, 9.17) is 0 Å². The molecule has 2 atom stereocenters. The Morgan fingerprint density at radius 3 is 1.10 bits per heavy atom. The topological polar surface area (TPSA) is 6.48 Å². The van der Waals surface area contributed by atoms with Crippen molar-refractivity contribution in [2.24, 2.45) is 0 Å². The van der Waals surface area contributed by atoms with Gasteiger partial charge in [-0.3, -0.25) is 0 Å². The van der Waals surface area contributed by atoms with Crippen LogP contribution in [0.1, 0.15) is 65.7 Å². The Bertz CT molecular complexity index is 2220. The molecule has 2 fully saturated rings. The highest BCUT2D eigenvalue weighted by atomic mass is 15.1. The van der Waals surface area contributed by atoms with Gasteiger partial charge in [0.25, 0.3) is 0 Å². The summed E-state index contributed by atoms with van der Waals surface area (Å²) in [7, 11) is 0. The Balaban J connectivity index is 0.961. The fourth-order valence-corrected chi connectivity index (χ4v) is 7.91. The molecule has 2 unspecified atom stereocenters. The molecule has 0 N–H and O–H groups in total. The van der Waals surface area contributed by atoms with Crippen molar-refractivity contribution in [3.63, 3.8) is 0 Å². The van der Waals surface area contributed by atoms with Gasteiger partial charge < -0.3 is 9.80 Å². The summed E-state index contributed by atoms with van der Waals surface area (Å²) >= 11 is 0. The standard InChI is InChI=1S/C50H44N2/c1-36-15-17-41(18-16-36)49-35-50(49)42-25-33-48(34-26-42)52(44-13-6-3-7-14-44)47-31-23-40(24-32-47)39-21-29-46(30-22-39)51(43-11-4-2-5-12-43)45-27-19-38(20-28-45)37-9-8-10-37/h2-7,11-34,37,49-50H,8-10,35H2,1H3. The third-order valence-electron chi connectivity index (χ3n) is 11.2. The first-order chi connectivity index (χ1) is 25.7. The molecule has 254 valence electrons. The lowest BCUT2D eigenvalue weighted by atomic mass is 9.80. The Hall–Kier alpha value is -5.86. The summed E-state index contributed by atoms with van der Waals surface area (Å²) in [6.45, 7) is 2.16. The van der Waals surface area contributed by atoms with Gasteiger partial charge in [-0.2, -0.15) is 0 Å². The molecule has 52 heavy (non-hydrogen) atoms. The van der Waals surface area contributed by atoms with Crippen molar-refractivity contribution < 1.29 is 0 Å². The van der Waals surface area contributed by atoms with E-state index in [0.717, 1.165) is 28.7 Å². The molecule has 2 saturated carbocycles. The van der Waals surface area contributed by atoms with Gasteiger partial charge in [-0.1, -0.05) is 121 Å². The van der Waals surface area contributed by atoms with Crippen molar-refractivity contribution in [3.05, 3.63) is 204 Å². The van der Waals surface area contributed by atoms with E-state index in [0.29, 0.717) is 11.8 Å². The van der Waals surface area contributed by atoms with Crippen molar-refractivity contribution in [3.8, 4) is 11.1 Å². The van der Waals surface area contributed by atoms with Crippen molar-refractivity contribution >= 4 is 34.1 Å². The quantitative estimate of drug-likeness (QED) is 0.143. The van der Waals surface area contributed by atoms with E-state index in [1.807, 2.05) is 0 Å². The molecule has 0 heterocycles. The Morgan fingerprint density at radius 2 is 0.712 bits per heavy atom. The third-order valence-corrected chi connectivity index (χ3v) is 11.2. The minimum atomic E-state index is 0.602. The number of hydrogen-bond acceptors (Lipinski definition) is 2. The maximum atomic E-state index is 2.36. The van der Waals surface area contributed by atoms with Crippen LogP contribution in [0.25, 0.3) is 11.1 Å².